The first kappa shape index (κ1) is 12.4. The van der Waals surface area contributed by atoms with Crippen molar-refractivity contribution in [1.29, 1.82) is 0 Å². The van der Waals surface area contributed by atoms with Crippen LogP contribution < -0.4 is 5.73 Å². The second-order valence-corrected chi connectivity index (χ2v) is 4.68. The maximum absolute atomic E-state index is 11.6. The fourth-order valence-corrected chi connectivity index (χ4v) is 1.87. The SMILES string of the molecule is CC(C)N1CCN(C(=O)CC(N)=S)CC1. The fraction of sp³-hybridized carbons (Fsp3) is 0.800. The number of carbonyl (C=O) groups is 1. The molecular weight excluding hydrogens is 210 g/mol. The van der Waals surface area contributed by atoms with Gasteiger partial charge in [0.15, 0.2) is 0 Å². The molecule has 0 bridgehead atoms. The highest BCUT2D eigenvalue weighted by atomic mass is 32.1. The molecule has 86 valence electrons. The minimum Gasteiger partial charge on any atom is -0.393 e. The maximum Gasteiger partial charge on any atom is 0.229 e. The van der Waals surface area contributed by atoms with Crippen LogP contribution in [0.15, 0.2) is 0 Å². The van der Waals surface area contributed by atoms with Gasteiger partial charge in [0.05, 0.1) is 11.4 Å². The van der Waals surface area contributed by atoms with Crippen LogP contribution in [0.4, 0.5) is 0 Å². The Morgan fingerprint density at radius 3 is 2.27 bits per heavy atom. The third-order valence-electron chi connectivity index (χ3n) is 2.72. The molecule has 5 heteroatoms. The standard InChI is InChI=1S/C10H19N3OS/c1-8(2)12-3-5-13(6-4-12)10(14)7-9(11)15/h8H,3-7H2,1-2H3,(H2,11,15). The van der Waals surface area contributed by atoms with E-state index in [0.717, 1.165) is 26.2 Å². The summed E-state index contributed by atoms with van der Waals surface area (Å²) in [4.78, 5) is 16.1. The van der Waals surface area contributed by atoms with E-state index in [1.165, 1.54) is 0 Å². The summed E-state index contributed by atoms with van der Waals surface area (Å²) in [6.45, 7) is 7.82. The molecule has 2 N–H and O–H groups in total. The molecule has 0 aromatic rings. The largest absolute Gasteiger partial charge is 0.393 e. The topological polar surface area (TPSA) is 49.6 Å². The summed E-state index contributed by atoms with van der Waals surface area (Å²) < 4.78 is 0. The molecule has 1 aliphatic heterocycles. The van der Waals surface area contributed by atoms with E-state index in [2.05, 4.69) is 18.7 Å². The molecule has 1 saturated heterocycles. The van der Waals surface area contributed by atoms with Gasteiger partial charge in [-0.3, -0.25) is 9.69 Å². The van der Waals surface area contributed by atoms with Gasteiger partial charge in [0.1, 0.15) is 0 Å². The highest BCUT2D eigenvalue weighted by Gasteiger charge is 2.22. The molecule has 0 saturated carbocycles. The number of thiocarbonyl (C=S) groups is 1. The molecule has 1 rings (SSSR count). The van der Waals surface area contributed by atoms with Crippen molar-refractivity contribution in [3.63, 3.8) is 0 Å². The van der Waals surface area contributed by atoms with Crippen LogP contribution >= 0.6 is 12.2 Å². The maximum atomic E-state index is 11.6. The van der Waals surface area contributed by atoms with E-state index >= 15 is 0 Å². The predicted molar refractivity (Wildman–Crippen MR) is 64.7 cm³/mol. The number of piperazine rings is 1. The van der Waals surface area contributed by atoms with Crippen LogP contribution in [-0.2, 0) is 4.79 Å². The first-order valence-corrected chi connectivity index (χ1v) is 5.71. The molecule has 15 heavy (non-hydrogen) atoms. The number of amides is 1. The lowest BCUT2D eigenvalue weighted by Gasteiger charge is -2.36. The number of carbonyl (C=O) groups excluding carboxylic acids is 1. The summed E-state index contributed by atoms with van der Waals surface area (Å²) in [7, 11) is 0. The summed E-state index contributed by atoms with van der Waals surface area (Å²) in [6, 6.07) is 0.554. The van der Waals surface area contributed by atoms with Gasteiger partial charge in [0.2, 0.25) is 5.91 Å². The Labute approximate surface area is 96.4 Å². The monoisotopic (exact) mass is 229 g/mol. The summed E-state index contributed by atoms with van der Waals surface area (Å²) in [5.74, 6) is 0.0610. The Bertz CT molecular complexity index is 247. The minimum absolute atomic E-state index is 0.0610. The van der Waals surface area contributed by atoms with Gasteiger partial charge in [0, 0.05) is 32.2 Å². The average molecular weight is 229 g/mol. The molecule has 0 radical (unpaired) electrons. The average Bonchev–Trinajstić information content (AvgIpc) is 2.17. The number of hydrogen-bond donors (Lipinski definition) is 1. The van der Waals surface area contributed by atoms with Gasteiger partial charge in [-0.2, -0.15) is 0 Å². The minimum atomic E-state index is 0.0610. The van der Waals surface area contributed by atoms with Gasteiger partial charge < -0.3 is 10.6 Å². The lowest BCUT2D eigenvalue weighted by molar-refractivity contribution is -0.131. The van der Waals surface area contributed by atoms with Crippen molar-refractivity contribution in [3.05, 3.63) is 0 Å². The van der Waals surface area contributed by atoms with E-state index in [-0.39, 0.29) is 17.3 Å². The molecule has 0 spiro atoms. The first-order valence-electron chi connectivity index (χ1n) is 5.31. The van der Waals surface area contributed by atoms with Gasteiger partial charge in [-0.15, -0.1) is 0 Å². The van der Waals surface area contributed by atoms with Crippen molar-refractivity contribution >= 4 is 23.1 Å². The summed E-state index contributed by atoms with van der Waals surface area (Å²) in [5.41, 5.74) is 5.35. The second kappa shape index (κ2) is 5.42. The number of rotatable bonds is 3. The summed E-state index contributed by atoms with van der Waals surface area (Å²) in [5, 5.41) is 0. The van der Waals surface area contributed by atoms with Crippen LogP contribution in [-0.4, -0.2) is 52.9 Å². The lowest BCUT2D eigenvalue weighted by atomic mass is 10.2. The second-order valence-electron chi connectivity index (χ2n) is 4.15. The summed E-state index contributed by atoms with van der Waals surface area (Å²) in [6.07, 6.45) is 0.205. The van der Waals surface area contributed by atoms with Crippen LogP contribution in [0, 0.1) is 0 Å². The van der Waals surface area contributed by atoms with Crippen molar-refractivity contribution < 1.29 is 4.79 Å². The Hall–Kier alpha value is -0.680. The van der Waals surface area contributed by atoms with Gasteiger partial charge in [0.25, 0.3) is 0 Å². The van der Waals surface area contributed by atoms with E-state index in [1.807, 2.05) is 4.90 Å². The van der Waals surface area contributed by atoms with E-state index in [9.17, 15) is 4.79 Å². The predicted octanol–water partition coefficient (Wildman–Crippen LogP) is 0.215. The zero-order valence-electron chi connectivity index (χ0n) is 9.40. The Morgan fingerprint density at radius 1 is 1.33 bits per heavy atom. The molecule has 0 aromatic carbocycles. The molecule has 1 fully saturated rings. The lowest BCUT2D eigenvalue weighted by Crippen LogP contribution is -2.51. The first-order chi connectivity index (χ1) is 7.00. The zero-order chi connectivity index (χ0) is 11.4. The quantitative estimate of drug-likeness (QED) is 0.703. The molecule has 1 aliphatic rings. The number of nitrogens with zero attached hydrogens (tertiary/aromatic N) is 2. The molecule has 0 aliphatic carbocycles. The highest BCUT2D eigenvalue weighted by molar-refractivity contribution is 7.80. The van der Waals surface area contributed by atoms with Crippen molar-refractivity contribution in [2.75, 3.05) is 26.2 Å². The van der Waals surface area contributed by atoms with Crippen molar-refractivity contribution in [2.24, 2.45) is 5.73 Å². The van der Waals surface area contributed by atoms with Crippen molar-refractivity contribution in [2.45, 2.75) is 26.3 Å². The van der Waals surface area contributed by atoms with Gasteiger partial charge in [-0.05, 0) is 13.8 Å². The van der Waals surface area contributed by atoms with Crippen LogP contribution in [0.1, 0.15) is 20.3 Å². The molecule has 0 atom stereocenters. The molecule has 0 unspecified atom stereocenters. The van der Waals surface area contributed by atoms with E-state index in [4.69, 9.17) is 18.0 Å². The van der Waals surface area contributed by atoms with Crippen molar-refractivity contribution in [1.82, 2.24) is 9.80 Å². The Kier molecular flexibility index (Phi) is 4.47. The smallest absolute Gasteiger partial charge is 0.229 e. The molecule has 1 amide bonds. The Balaban J connectivity index is 2.37. The molecular formula is C10H19N3OS. The van der Waals surface area contributed by atoms with E-state index < -0.39 is 0 Å². The number of nitrogens with two attached hydrogens (primary N) is 1. The molecule has 1 heterocycles. The molecule has 0 aromatic heterocycles. The van der Waals surface area contributed by atoms with Crippen molar-refractivity contribution in [3.8, 4) is 0 Å². The third kappa shape index (κ3) is 3.76. The van der Waals surface area contributed by atoms with Crippen LogP contribution in [0.2, 0.25) is 0 Å². The van der Waals surface area contributed by atoms with Crippen LogP contribution in [0.5, 0.6) is 0 Å². The number of hydrogen-bond acceptors (Lipinski definition) is 3. The van der Waals surface area contributed by atoms with Gasteiger partial charge >= 0.3 is 0 Å². The Morgan fingerprint density at radius 2 is 1.87 bits per heavy atom. The van der Waals surface area contributed by atoms with Gasteiger partial charge in [-0.1, -0.05) is 12.2 Å². The van der Waals surface area contributed by atoms with Crippen LogP contribution in [0.25, 0.3) is 0 Å². The van der Waals surface area contributed by atoms with E-state index in [1.54, 1.807) is 0 Å². The molecule has 4 nitrogen and oxygen atoms in total. The zero-order valence-corrected chi connectivity index (χ0v) is 10.2. The normalized spacial score (nSPS) is 18.2. The summed E-state index contributed by atoms with van der Waals surface area (Å²) >= 11 is 4.73. The highest BCUT2D eigenvalue weighted by Crippen LogP contribution is 2.06. The van der Waals surface area contributed by atoms with E-state index in [0.29, 0.717) is 6.04 Å². The fourth-order valence-electron chi connectivity index (χ4n) is 1.75. The van der Waals surface area contributed by atoms with Gasteiger partial charge in [-0.25, -0.2) is 0 Å². The van der Waals surface area contributed by atoms with Crippen LogP contribution in [0.3, 0.4) is 0 Å². The third-order valence-corrected chi connectivity index (χ3v) is 2.87.